The second-order valence-electron chi connectivity index (χ2n) is 5.01. The molecular weight excluding hydrogens is 304 g/mol. The van der Waals surface area contributed by atoms with Gasteiger partial charge in [0.05, 0.1) is 5.25 Å². The van der Waals surface area contributed by atoms with E-state index in [9.17, 15) is 4.79 Å². The molecule has 1 amide bonds. The minimum Gasteiger partial charge on any atom is -0.344 e. The molecular formula is C14H18N4OS2. The Morgan fingerprint density at radius 2 is 2.14 bits per heavy atom. The molecule has 3 rings (SSSR count). The van der Waals surface area contributed by atoms with Gasteiger partial charge in [0, 0.05) is 32.4 Å². The second-order valence-corrected chi connectivity index (χ2v) is 7.15. The first kappa shape index (κ1) is 14.6. The zero-order chi connectivity index (χ0) is 14.8. The highest BCUT2D eigenvalue weighted by molar-refractivity contribution is 7.99. The summed E-state index contributed by atoms with van der Waals surface area (Å²) < 4.78 is 0. The molecule has 1 saturated heterocycles. The van der Waals surface area contributed by atoms with Crippen molar-refractivity contribution in [3.05, 3.63) is 18.3 Å². The Morgan fingerprint density at radius 3 is 2.81 bits per heavy atom. The van der Waals surface area contributed by atoms with Crippen LogP contribution in [0, 0.1) is 0 Å². The van der Waals surface area contributed by atoms with Gasteiger partial charge in [0.15, 0.2) is 5.13 Å². The number of piperazine rings is 1. The number of thiazole rings is 1. The molecule has 0 radical (unpaired) electrons. The number of amides is 1. The fourth-order valence-corrected chi connectivity index (χ4v) is 3.68. The number of hydrogen-bond donors (Lipinski definition) is 0. The van der Waals surface area contributed by atoms with Crippen molar-refractivity contribution in [1.82, 2.24) is 14.9 Å². The van der Waals surface area contributed by atoms with E-state index in [1.807, 2.05) is 30.2 Å². The van der Waals surface area contributed by atoms with Crippen LogP contribution in [0.1, 0.15) is 6.92 Å². The van der Waals surface area contributed by atoms with Crippen LogP contribution in [0.2, 0.25) is 0 Å². The fourth-order valence-electron chi connectivity index (χ4n) is 2.37. The Balaban J connectivity index is 1.67. The largest absolute Gasteiger partial charge is 0.344 e. The summed E-state index contributed by atoms with van der Waals surface area (Å²) >= 11 is 3.22. The van der Waals surface area contributed by atoms with Crippen molar-refractivity contribution in [1.29, 1.82) is 0 Å². The number of nitrogens with zero attached hydrogens (tertiary/aromatic N) is 4. The van der Waals surface area contributed by atoms with E-state index in [-0.39, 0.29) is 11.2 Å². The maximum atomic E-state index is 12.2. The number of thioether (sulfide) groups is 1. The van der Waals surface area contributed by atoms with Crippen molar-refractivity contribution in [2.75, 3.05) is 37.3 Å². The van der Waals surface area contributed by atoms with Crippen LogP contribution in [0.3, 0.4) is 0 Å². The van der Waals surface area contributed by atoms with Crippen LogP contribution in [0.4, 0.5) is 5.13 Å². The van der Waals surface area contributed by atoms with Crippen molar-refractivity contribution in [2.45, 2.75) is 12.2 Å². The molecule has 1 atom stereocenters. The van der Waals surface area contributed by atoms with Crippen molar-refractivity contribution in [3.8, 4) is 0 Å². The second kappa shape index (κ2) is 6.19. The molecule has 0 unspecified atom stereocenters. The highest BCUT2D eigenvalue weighted by Crippen LogP contribution is 2.27. The number of anilines is 1. The first-order valence-corrected chi connectivity index (χ1v) is 9.07. The zero-order valence-corrected chi connectivity index (χ0v) is 13.8. The summed E-state index contributed by atoms with van der Waals surface area (Å²) in [6, 6.07) is 3.90. The van der Waals surface area contributed by atoms with Crippen molar-refractivity contribution in [2.24, 2.45) is 0 Å². The summed E-state index contributed by atoms with van der Waals surface area (Å²) in [6.45, 7) is 5.19. The fraction of sp³-hybridized carbons (Fsp3) is 0.500. The first-order chi connectivity index (χ1) is 10.2. The summed E-state index contributed by atoms with van der Waals surface area (Å²) in [4.78, 5) is 26.3. The molecule has 1 fully saturated rings. The van der Waals surface area contributed by atoms with Crippen molar-refractivity contribution in [3.63, 3.8) is 0 Å². The van der Waals surface area contributed by atoms with Gasteiger partial charge in [0.2, 0.25) is 5.91 Å². The van der Waals surface area contributed by atoms with Gasteiger partial charge in [0.25, 0.3) is 0 Å². The summed E-state index contributed by atoms with van der Waals surface area (Å²) in [5.41, 5.74) is 0.951. The molecule has 2 aromatic heterocycles. The molecule has 0 N–H and O–H groups in total. The lowest BCUT2D eigenvalue weighted by molar-refractivity contribution is -0.130. The van der Waals surface area contributed by atoms with Crippen LogP contribution in [0.5, 0.6) is 0 Å². The van der Waals surface area contributed by atoms with Crippen LogP contribution in [0.25, 0.3) is 10.3 Å². The first-order valence-electron chi connectivity index (χ1n) is 6.97. The minimum atomic E-state index is 0.0446. The molecule has 2 aromatic rings. The maximum Gasteiger partial charge on any atom is 0.235 e. The average molecular weight is 322 g/mol. The van der Waals surface area contributed by atoms with Crippen LogP contribution < -0.4 is 4.90 Å². The Hall–Kier alpha value is -1.34. The number of hydrogen-bond acceptors (Lipinski definition) is 6. The summed E-state index contributed by atoms with van der Waals surface area (Å²) in [5.74, 6) is 0.244. The van der Waals surface area contributed by atoms with Gasteiger partial charge in [0.1, 0.15) is 10.3 Å². The molecule has 0 spiro atoms. The third kappa shape index (κ3) is 2.98. The van der Waals surface area contributed by atoms with Gasteiger partial charge in [-0.2, -0.15) is 11.8 Å². The maximum absolute atomic E-state index is 12.2. The van der Waals surface area contributed by atoms with Crippen LogP contribution >= 0.6 is 23.1 Å². The topological polar surface area (TPSA) is 49.3 Å². The molecule has 0 aliphatic carbocycles. The Labute approximate surface area is 132 Å². The molecule has 0 saturated carbocycles. The van der Waals surface area contributed by atoms with Gasteiger partial charge in [-0.3, -0.25) is 4.79 Å². The summed E-state index contributed by atoms with van der Waals surface area (Å²) in [7, 11) is 0. The lowest BCUT2D eigenvalue weighted by atomic mass is 10.3. The number of carbonyl (C=O) groups excluding carboxylic acids is 1. The van der Waals surface area contributed by atoms with E-state index in [2.05, 4.69) is 14.9 Å². The quantitative estimate of drug-likeness (QED) is 0.866. The molecule has 3 heterocycles. The monoisotopic (exact) mass is 322 g/mol. The molecule has 0 aromatic carbocycles. The minimum absolute atomic E-state index is 0.0446. The third-order valence-electron chi connectivity index (χ3n) is 3.72. The lowest BCUT2D eigenvalue weighted by Gasteiger charge is -2.35. The number of carbonyl (C=O) groups is 1. The third-order valence-corrected chi connectivity index (χ3v) is 5.67. The predicted molar refractivity (Wildman–Crippen MR) is 89.2 cm³/mol. The summed E-state index contributed by atoms with van der Waals surface area (Å²) in [6.07, 6.45) is 3.78. The van der Waals surface area contributed by atoms with E-state index in [0.29, 0.717) is 0 Å². The van der Waals surface area contributed by atoms with Gasteiger partial charge in [-0.25, -0.2) is 9.97 Å². The number of pyridine rings is 1. The Bertz CT molecular complexity index is 604. The normalized spacial score (nSPS) is 17.2. The van der Waals surface area contributed by atoms with E-state index in [4.69, 9.17) is 0 Å². The molecule has 112 valence electrons. The van der Waals surface area contributed by atoms with E-state index < -0.39 is 0 Å². The molecule has 1 aliphatic heterocycles. The standard InChI is InChI=1S/C14H18N4OS2/c1-10(20-2)13(19)17-6-8-18(9-7-17)14-16-11-4-3-5-15-12(11)21-14/h3-5,10H,6-9H2,1-2H3/t10-/m1/s1. The summed E-state index contributed by atoms with van der Waals surface area (Å²) in [5, 5.41) is 1.05. The molecule has 0 bridgehead atoms. The van der Waals surface area contributed by atoms with E-state index >= 15 is 0 Å². The van der Waals surface area contributed by atoms with Crippen LogP contribution in [0.15, 0.2) is 18.3 Å². The Kier molecular flexibility index (Phi) is 4.30. The van der Waals surface area contributed by atoms with Crippen LogP contribution in [-0.2, 0) is 4.79 Å². The van der Waals surface area contributed by atoms with Gasteiger partial charge in [-0.15, -0.1) is 0 Å². The van der Waals surface area contributed by atoms with Gasteiger partial charge >= 0.3 is 0 Å². The molecule has 1 aliphatic rings. The zero-order valence-electron chi connectivity index (χ0n) is 12.2. The van der Waals surface area contributed by atoms with Gasteiger partial charge in [-0.1, -0.05) is 11.3 Å². The number of fused-ring (bicyclic) bond motifs is 1. The average Bonchev–Trinajstić information content (AvgIpc) is 2.97. The van der Waals surface area contributed by atoms with Crippen molar-refractivity contribution < 1.29 is 4.79 Å². The molecule has 21 heavy (non-hydrogen) atoms. The van der Waals surface area contributed by atoms with E-state index in [0.717, 1.165) is 41.7 Å². The highest BCUT2D eigenvalue weighted by atomic mass is 32.2. The molecule has 5 nitrogen and oxygen atoms in total. The van der Waals surface area contributed by atoms with Crippen LogP contribution in [-0.4, -0.2) is 58.5 Å². The predicted octanol–water partition coefficient (Wildman–Crippen LogP) is 2.09. The molecule has 7 heteroatoms. The Morgan fingerprint density at radius 1 is 1.38 bits per heavy atom. The highest BCUT2D eigenvalue weighted by Gasteiger charge is 2.25. The SMILES string of the molecule is CS[C@H](C)C(=O)N1CCN(c2nc3cccnc3s2)CC1. The smallest absolute Gasteiger partial charge is 0.235 e. The van der Waals surface area contributed by atoms with E-state index in [1.165, 1.54) is 0 Å². The van der Waals surface area contributed by atoms with Gasteiger partial charge < -0.3 is 9.80 Å². The van der Waals surface area contributed by atoms with Crippen molar-refractivity contribution >= 4 is 44.5 Å². The van der Waals surface area contributed by atoms with Gasteiger partial charge in [-0.05, 0) is 25.3 Å². The van der Waals surface area contributed by atoms with E-state index in [1.54, 1.807) is 29.3 Å². The number of aromatic nitrogens is 2. The number of rotatable bonds is 3. The lowest BCUT2D eigenvalue weighted by Crippen LogP contribution is -2.50.